The fourth-order valence-electron chi connectivity index (χ4n) is 4.01. The Morgan fingerprint density at radius 1 is 1.17 bits per heavy atom. The topological polar surface area (TPSA) is 165 Å². The van der Waals surface area contributed by atoms with Crippen LogP contribution in [0, 0.1) is 0 Å². The predicted molar refractivity (Wildman–Crippen MR) is 131 cm³/mol. The second kappa shape index (κ2) is 9.31. The van der Waals surface area contributed by atoms with Crippen LogP contribution >= 0.6 is 0 Å². The van der Waals surface area contributed by atoms with Crippen LogP contribution in [0.25, 0.3) is 0 Å². The maximum absolute atomic E-state index is 13.2. The summed E-state index contributed by atoms with van der Waals surface area (Å²) in [6, 6.07) is 3.52. The summed E-state index contributed by atoms with van der Waals surface area (Å²) in [7, 11) is -0.786. The molecule has 0 radical (unpaired) electrons. The maximum Gasteiger partial charge on any atom is 0.516 e. The summed E-state index contributed by atoms with van der Waals surface area (Å²) in [6.07, 6.45) is 3.27. The van der Waals surface area contributed by atoms with Crippen LogP contribution < -0.4 is 26.9 Å². The number of anilines is 3. The van der Waals surface area contributed by atoms with Gasteiger partial charge in [-0.1, -0.05) is 0 Å². The number of carboxylic acid groups (broad SMARTS) is 1. The van der Waals surface area contributed by atoms with Crippen LogP contribution in [0.1, 0.15) is 51.0 Å². The number of nitrogens with one attached hydrogen (secondary N) is 2. The van der Waals surface area contributed by atoms with Crippen molar-refractivity contribution < 1.29 is 24.0 Å². The molecule has 4 heterocycles. The van der Waals surface area contributed by atoms with Gasteiger partial charge in [0.1, 0.15) is 0 Å². The van der Waals surface area contributed by atoms with Gasteiger partial charge in [0.25, 0.3) is 5.91 Å². The Hall–Kier alpha value is -3.45. The fraction of sp³-hybridized carbons (Fsp3) is 0.500. The van der Waals surface area contributed by atoms with E-state index in [0.29, 0.717) is 37.3 Å². The van der Waals surface area contributed by atoms with Crippen LogP contribution in [0.2, 0.25) is 0 Å². The van der Waals surface area contributed by atoms with Crippen molar-refractivity contribution in [2.45, 2.75) is 57.8 Å². The lowest BCUT2D eigenvalue weighted by atomic mass is 9.85. The number of nitrogens with zero attached hydrogens (tertiary/aromatic N) is 4. The van der Waals surface area contributed by atoms with Crippen molar-refractivity contribution in [2.75, 3.05) is 29.0 Å². The molecule has 2 aromatic rings. The summed E-state index contributed by atoms with van der Waals surface area (Å²) in [4.78, 5) is 39.0. The van der Waals surface area contributed by atoms with Crippen LogP contribution in [0.3, 0.4) is 0 Å². The van der Waals surface area contributed by atoms with Crippen molar-refractivity contribution in [1.29, 1.82) is 0 Å². The number of piperidine rings is 1. The fourth-order valence-corrected chi connectivity index (χ4v) is 4.01. The van der Waals surface area contributed by atoms with E-state index in [0.717, 1.165) is 5.69 Å². The van der Waals surface area contributed by atoms with Crippen LogP contribution in [0.4, 0.5) is 22.1 Å². The number of hydrogen-bond acceptors (Lipinski definition) is 9. The van der Waals surface area contributed by atoms with Gasteiger partial charge in [-0.05, 0) is 52.7 Å². The molecule has 2 aromatic heterocycles. The summed E-state index contributed by atoms with van der Waals surface area (Å²) in [5.74, 6) is -0.235. The lowest BCUT2D eigenvalue weighted by Gasteiger charge is -2.34. The molecule has 35 heavy (non-hydrogen) atoms. The van der Waals surface area contributed by atoms with Crippen LogP contribution in [-0.4, -0.2) is 69.5 Å². The maximum atomic E-state index is 13.2. The Balaban J connectivity index is 1.50. The highest BCUT2D eigenvalue weighted by Gasteiger charge is 2.52. The molecule has 0 spiro atoms. The van der Waals surface area contributed by atoms with Crippen molar-refractivity contribution in [3.8, 4) is 0 Å². The monoisotopic (exact) mass is 483 g/mol. The van der Waals surface area contributed by atoms with Crippen molar-refractivity contribution >= 4 is 42.0 Å². The van der Waals surface area contributed by atoms with Gasteiger partial charge in [-0.2, -0.15) is 0 Å². The summed E-state index contributed by atoms with van der Waals surface area (Å²) >= 11 is 0. The minimum atomic E-state index is -1.03. The molecule has 12 nitrogen and oxygen atoms in total. The molecule has 0 unspecified atom stereocenters. The van der Waals surface area contributed by atoms with Gasteiger partial charge in [-0.3, -0.25) is 4.79 Å². The molecule has 13 heteroatoms. The van der Waals surface area contributed by atoms with E-state index >= 15 is 0 Å². The number of carbonyl (C=O) groups excluding carboxylic acids is 1. The molecule has 0 atom stereocenters. The summed E-state index contributed by atoms with van der Waals surface area (Å²) < 4.78 is 12.0. The number of amides is 2. The third-order valence-corrected chi connectivity index (χ3v) is 6.71. The largest absolute Gasteiger partial charge is 0.516 e. The highest BCUT2D eigenvalue weighted by Crippen LogP contribution is 2.36. The van der Waals surface area contributed by atoms with E-state index in [1.807, 2.05) is 33.8 Å². The Morgan fingerprint density at radius 2 is 1.83 bits per heavy atom. The number of nitrogens with two attached hydrogens (primary N) is 1. The molecule has 4 rings (SSSR count). The first-order chi connectivity index (χ1) is 16.5. The van der Waals surface area contributed by atoms with Gasteiger partial charge in [-0.25, -0.2) is 19.7 Å². The zero-order valence-corrected chi connectivity index (χ0v) is 20.2. The van der Waals surface area contributed by atoms with Crippen molar-refractivity contribution in [3.05, 3.63) is 30.2 Å². The number of carbonyl (C=O) groups is 2. The predicted octanol–water partition coefficient (Wildman–Crippen LogP) is 1.24. The highest BCUT2D eigenvalue weighted by molar-refractivity contribution is 6.61. The lowest BCUT2D eigenvalue weighted by molar-refractivity contribution is 0.00578. The third kappa shape index (κ3) is 5.15. The van der Waals surface area contributed by atoms with Gasteiger partial charge in [-0.15, -0.1) is 0 Å². The number of rotatable bonds is 5. The summed E-state index contributed by atoms with van der Waals surface area (Å²) in [5, 5.41) is 14.3. The average Bonchev–Trinajstić information content (AvgIpc) is 3.01. The zero-order valence-electron chi connectivity index (χ0n) is 20.2. The average molecular weight is 483 g/mol. The van der Waals surface area contributed by atoms with Gasteiger partial charge >= 0.3 is 13.2 Å². The summed E-state index contributed by atoms with van der Waals surface area (Å²) in [5.41, 5.74) is 5.86. The van der Waals surface area contributed by atoms with Gasteiger partial charge in [0.15, 0.2) is 17.3 Å². The Morgan fingerprint density at radius 3 is 2.46 bits per heavy atom. The van der Waals surface area contributed by atoms with E-state index in [-0.39, 0.29) is 17.6 Å². The SMILES string of the molecule is CC1(C)OB(c2cnc(N)c(C(=O)Nc3ncccc3N3CCC(NC(=O)O)CC3)n2)OC1(C)C. The molecule has 0 bridgehead atoms. The van der Waals surface area contributed by atoms with Gasteiger partial charge in [0, 0.05) is 31.5 Å². The quantitative estimate of drug-likeness (QED) is 0.455. The van der Waals surface area contributed by atoms with Crippen molar-refractivity contribution in [2.24, 2.45) is 0 Å². The zero-order chi connectivity index (χ0) is 25.4. The molecule has 2 aliphatic heterocycles. The molecule has 0 aliphatic carbocycles. The lowest BCUT2D eigenvalue weighted by Crippen LogP contribution is -2.44. The second-order valence-corrected chi connectivity index (χ2v) is 9.65. The Bertz CT molecular complexity index is 1110. The standard InChI is InChI=1S/C22H30BN7O5/c1-21(2)22(3,4)35-23(34-21)15-12-26-17(24)16(28-15)19(31)29-18-14(6-5-9-25-18)30-10-7-13(8-11-30)27-20(32)33/h5-6,9,12-13,27H,7-8,10-11H2,1-4H3,(H2,24,26)(H,32,33)(H,25,29,31). The van der Waals surface area contributed by atoms with Crippen LogP contribution in [-0.2, 0) is 9.31 Å². The first-order valence-electron chi connectivity index (χ1n) is 11.5. The first kappa shape index (κ1) is 24.7. The van der Waals surface area contributed by atoms with Gasteiger partial charge < -0.3 is 35.7 Å². The van der Waals surface area contributed by atoms with Crippen LogP contribution in [0.5, 0.6) is 0 Å². The Kier molecular flexibility index (Phi) is 6.56. The van der Waals surface area contributed by atoms with E-state index in [1.54, 1.807) is 12.3 Å². The third-order valence-electron chi connectivity index (χ3n) is 6.71. The highest BCUT2D eigenvalue weighted by atomic mass is 16.7. The van der Waals surface area contributed by atoms with E-state index in [2.05, 4.69) is 30.5 Å². The van der Waals surface area contributed by atoms with Crippen molar-refractivity contribution in [1.82, 2.24) is 20.3 Å². The van der Waals surface area contributed by atoms with Crippen molar-refractivity contribution in [3.63, 3.8) is 0 Å². The minimum Gasteiger partial charge on any atom is -0.465 e. The Labute approximate surface area is 203 Å². The van der Waals surface area contributed by atoms with E-state index in [4.69, 9.17) is 20.1 Å². The number of hydrogen-bond donors (Lipinski definition) is 4. The van der Waals surface area contributed by atoms with Gasteiger partial charge in [0.2, 0.25) is 0 Å². The molecule has 0 saturated carbocycles. The van der Waals surface area contributed by atoms with E-state index in [9.17, 15) is 9.59 Å². The molecule has 186 valence electrons. The second-order valence-electron chi connectivity index (χ2n) is 9.65. The normalized spacial score (nSPS) is 19.4. The molecule has 2 saturated heterocycles. The number of aromatic nitrogens is 3. The molecule has 2 aliphatic rings. The molecule has 0 aromatic carbocycles. The van der Waals surface area contributed by atoms with Gasteiger partial charge in [0.05, 0.1) is 22.5 Å². The smallest absolute Gasteiger partial charge is 0.465 e. The van der Waals surface area contributed by atoms with E-state index < -0.39 is 30.3 Å². The van der Waals surface area contributed by atoms with E-state index in [1.165, 1.54) is 6.20 Å². The number of pyridine rings is 1. The molecular weight excluding hydrogens is 453 g/mol. The minimum absolute atomic E-state index is 0.0270. The first-order valence-corrected chi connectivity index (χ1v) is 11.5. The summed E-state index contributed by atoms with van der Waals surface area (Å²) in [6.45, 7) is 8.92. The molecule has 2 amide bonds. The molecular formula is C22H30BN7O5. The number of nitrogen functional groups attached to an aromatic ring is 1. The molecule has 5 N–H and O–H groups in total. The van der Waals surface area contributed by atoms with Crippen LogP contribution in [0.15, 0.2) is 24.5 Å². The molecule has 2 fully saturated rings.